The first kappa shape index (κ1) is 31.7. The molecule has 3 heterocycles. The Hall–Kier alpha value is -7.62. The number of hydrogen-bond donors (Lipinski definition) is 0. The van der Waals surface area contributed by atoms with E-state index in [9.17, 15) is 0 Å². The predicted molar refractivity (Wildman–Crippen MR) is 239 cm³/mol. The fourth-order valence-corrected chi connectivity index (χ4v) is 9.02. The van der Waals surface area contributed by atoms with Crippen LogP contribution in [-0.4, -0.2) is 9.13 Å². The lowest BCUT2D eigenvalue weighted by atomic mass is 10.00. The molecule has 0 radical (unpaired) electrons. The molecule has 57 heavy (non-hydrogen) atoms. The average molecular weight is 727 g/mol. The van der Waals surface area contributed by atoms with Gasteiger partial charge in [0.15, 0.2) is 0 Å². The van der Waals surface area contributed by atoms with Crippen LogP contribution in [0.5, 0.6) is 0 Å². The van der Waals surface area contributed by atoms with Crippen molar-refractivity contribution in [2.45, 2.75) is 0 Å². The van der Waals surface area contributed by atoms with E-state index in [1.807, 2.05) is 12.1 Å². The molecule has 0 fully saturated rings. The molecule has 0 atom stereocenters. The third kappa shape index (κ3) is 4.99. The van der Waals surface area contributed by atoms with Crippen LogP contribution in [0.4, 0.5) is 0 Å². The predicted octanol–water partition coefficient (Wildman–Crippen LogP) is 14.8. The summed E-state index contributed by atoms with van der Waals surface area (Å²) in [7, 11) is 0. The fourth-order valence-electron chi connectivity index (χ4n) is 9.02. The van der Waals surface area contributed by atoms with Gasteiger partial charge in [-0.05, 0) is 106 Å². The van der Waals surface area contributed by atoms with Gasteiger partial charge in [-0.25, -0.2) is 0 Å². The molecule has 0 unspecified atom stereocenters. The molecule has 3 heteroatoms. The van der Waals surface area contributed by atoms with Crippen LogP contribution in [-0.2, 0) is 0 Å². The quantitative estimate of drug-likeness (QED) is 0.173. The van der Waals surface area contributed by atoms with Crippen LogP contribution < -0.4 is 0 Å². The largest absolute Gasteiger partial charge is 0.456 e. The molecule has 266 valence electrons. The Morgan fingerprint density at radius 1 is 0.246 bits per heavy atom. The van der Waals surface area contributed by atoms with Gasteiger partial charge >= 0.3 is 0 Å². The van der Waals surface area contributed by atoms with Gasteiger partial charge in [0, 0.05) is 43.7 Å². The Balaban J connectivity index is 0.965. The Labute approximate surface area is 328 Å². The standard InChI is InChI=1S/C54H34N2O/c1-2-11-35(12-3-1)36-21-23-37(24-22-36)38-13-10-14-41(31-38)55-49-18-7-4-15-43(49)46-32-39(25-28-51(46)55)40-26-29-52-47(33-40)44-16-5-8-19-50(44)56(52)42-27-30-54-48(34-42)45-17-6-9-20-53(45)57-54/h1-34H. The van der Waals surface area contributed by atoms with Crippen molar-refractivity contribution in [3.05, 3.63) is 206 Å². The van der Waals surface area contributed by atoms with Crippen LogP contribution >= 0.6 is 0 Å². The first-order chi connectivity index (χ1) is 28.2. The van der Waals surface area contributed by atoms with Gasteiger partial charge in [-0.15, -0.1) is 0 Å². The molecular formula is C54H34N2O. The molecule has 0 aliphatic rings. The summed E-state index contributed by atoms with van der Waals surface area (Å²) in [5.41, 5.74) is 16.1. The number of hydrogen-bond acceptors (Lipinski definition) is 1. The third-order valence-electron chi connectivity index (χ3n) is 11.7. The van der Waals surface area contributed by atoms with Crippen LogP contribution in [0.2, 0.25) is 0 Å². The monoisotopic (exact) mass is 726 g/mol. The summed E-state index contributed by atoms with van der Waals surface area (Å²) in [6.07, 6.45) is 0. The van der Waals surface area contributed by atoms with Crippen molar-refractivity contribution in [2.75, 3.05) is 0 Å². The van der Waals surface area contributed by atoms with E-state index in [2.05, 4.69) is 203 Å². The molecule has 0 spiro atoms. The van der Waals surface area contributed by atoms with Gasteiger partial charge < -0.3 is 13.6 Å². The molecule has 12 aromatic rings. The van der Waals surface area contributed by atoms with Crippen molar-refractivity contribution in [3.8, 4) is 44.8 Å². The first-order valence-electron chi connectivity index (χ1n) is 19.5. The maximum absolute atomic E-state index is 6.18. The second-order valence-corrected chi connectivity index (χ2v) is 14.9. The van der Waals surface area contributed by atoms with Crippen LogP contribution in [0.1, 0.15) is 0 Å². The zero-order valence-corrected chi connectivity index (χ0v) is 30.9. The van der Waals surface area contributed by atoms with Crippen molar-refractivity contribution < 1.29 is 4.42 Å². The summed E-state index contributed by atoms with van der Waals surface area (Å²) in [5.74, 6) is 0. The molecule has 0 saturated heterocycles. The Morgan fingerprint density at radius 2 is 0.702 bits per heavy atom. The highest BCUT2D eigenvalue weighted by Crippen LogP contribution is 2.40. The van der Waals surface area contributed by atoms with Crippen LogP contribution in [0.15, 0.2) is 211 Å². The molecule has 9 aromatic carbocycles. The van der Waals surface area contributed by atoms with E-state index in [0.717, 1.165) is 33.3 Å². The smallest absolute Gasteiger partial charge is 0.135 e. The van der Waals surface area contributed by atoms with E-state index in [1.54, 1.807) is 0 Å². The zero-order chi connectivity index (χ0) is 37.5. The molecule has 12 rings (SSSR count). The third-order valence-corrected chi connectivity index (χ3v) is 11.7. The van der Waals surface area contributed by atoms with Gasteiger partial charge in [-0.1, -0.05) is 133 Å². The van der Waals surface area contributed by atoms with Gasteiger partial charge in [-0.2, -0.15) is 0 Å². The van der Waals surface area contributed by atoms with E-state index >= 15 is 0 Å². The van der Waals surface area contributed by atoms with Gasteiger partial charge in [0.1, 0.15) is 11.2 Å². The van der Waals surface area contributed by atoms with E-state index < -0.39 is 0 Å². The minimum atomic E-state index is 0.904. The molecule has 3 nitrogen and oxygen atoms in total. The maximum Gasteiger partial charge on any atom is 0.135 e. The van der Waals surface area contributed by atoms with Gasteiger partial charge in [0.25, 0.3) is 0 Å². The van der Waals surface area contributed by atoms with Crippen molar-refractivity contribution in [3.63, 3.8) is 0 Å². The van der Waals surface area contributed by atoms with Crippen molar-refractivity contribution >= 4 is 65.6 Å². The maximum atomic E-state index is 6.18. The minimum absolute atomic E-state index is 0.904. The van der Waals surface area contributed by atoms with Crippen LogP contribution in [0, 0.1) is 0 Å². The number of furan rings is 1. The van der Waals surface area contributed by atoms with Gasteiger partial charge in [0.2, 0.25) is 0 Å². The Kier molecular flexibility index (Phi) is 6.93. The minimum Gasteiger partial charge on any atom is -0.456 e. The van der Waals surface area contributed by atoms with Gasteiger partial charge in [-0.3, -0.25) is 0 Å². The second-order valence-electron chi connectivity index (χ2n) is 14.9. The van der Waals surface area contributed by atoms with Crippen LogP contribution in [0.25, 0.3) is 110 Å². The number of para-hydroxylation sites is 3. The molecule has 0 bridgehead atoms. The number of fused-ring (bicyclic) bond motifs is 9. The summed E-state index contributed by atoms with van der Waals surface area (Å²) in [5, 5.41) is 7.21. The molecule has 0 aliphatic heterocycles. The normalized spacial score (nSPS) is 11.9. The first-order valence-corrected chi connectivity index (χ1v) is 19.5. The summed E-state index contributed by atoms with van der Waals surface area (Å²) >= 11 is 0. The Bertz CT molecular complexity index is 3510. The molecule has 0 saturated carbocycles. The summed E-state index contributed by atoms with van der Waals surface area (Å²) < 4.78 is 11.0. The van der Waals surface area contributed by atoms with Crippen molar-refractivity contribution in [1.29, 1.82) is 0 Å². The number of rotatable bonds is 5. The second kappa shape index (κ2) is 12.5. The average Bonchev–Trinajstić information content (AvgIpc) is 3.94. The van der Waals surface area contributed by atoms with E-state index in [-0.39, 0.29) is 0 Å². The summed E-state index contributed by atoms with van der Waals surface area (Å²) in [6, 6.07) is 74.6. The molecular weight excluding hydrogens is 693 g/mol. The molecule has 0 amide bonds. The highest BCUT2D eigenvalue weighted by atomic mass is 16.3. The Morgan fingerprint density at radius 3 is 1.37 bits per heavy atom. The van der Waals surface area contributed by atoms with E-state index in [0.29, 0.717) is 0 Å². The lowest BCUT2D eigenvalue weighted by molar-refractivity contribution is 0.669. The number of benzene rings is 9. The highest BCUT2D eigenvalue weighted by Gasteiger charge is 2.17. The highest BCUT2D eigenvalue weighted by molar-refractivity contribution is 6.13. The van der Waals surface area contributed by atoms with Crippen LogP contribution in [0.3, 0.4) is 0 Å². The number of nitrogens with zero attached hydrogens (tertiary/aromatic N) is 2. The van der Waals surface area contributed by atoms with E-state index in [1.165, 1.54) is 77.0 Å². The van der Waals surface area contributed by atoms with Crippen molar-refractivity contribution in [1.82, 2.24) is 9.13 Å². The topological polar surface area (TPSA) is 23.0 Å². The van der Waals surface area contributed by atoms with Gasteiger partial charge in [0.05, 0.1) is 22.1 Å². The van der Waals surface area contributed by atoms with E-state index in [4.69, 9.17) is 4.42 Å². The lowest BCUT2D eigenvalue weighted by Crippen LogP contribution is -1.94. The fraction of sp³-hybridized carbons (Fsp3) is 0. The summed E-state index contributed by atoms with van der Waals surface area (Å²) in [4.78, 5) is 0. The summed E-state index contributed by atoms with van der Waals surface area (Å²) in [6.45, 7) is 0. The number of aromatic nitrogens is 2. The zero-order valence-electron chi connectivity index (χ0n) is 30.9. The molecule has 3 aromatic heterocycles. The van der Waals surface area contributed by atoms with Crippen molar-refractivity contribution in [2.24, 2.45) is 0 Å². The molecule has 0 aliphatic carbocycles. The SMILES string of the molecule is c1ccc(-c2ccc(-c3cccc(-n4c5ccccc5c5cc(-c6ccc7c(c6)c6ccccc6n7-c6ccc7oc8ccccc8c7c6)ccc54)c3)cc2)cc1. The molecule has 0 N–H and O–H groups in total. The lowest BCUT2D eigenvalue weighted by Gasteiger charge is -2.11.